The van der Waals surface area contributed by atoms with E-state index in [-0.39, 0.29) is 11.5 Å². The van der Waals surface area contributed by atoms with Crippen LogP contribution in [0.1, 0.15) is 48.0 Å². The van der Waals surface area contributed by atoms with Gasteiger partial charge < -0.3 is 14.8 Å². The van der Waals surface area contributed by atoms with Crippen LogP contribution in [0.2, 0.25) is 0 Å². The smallest absolute Gasteiger partial charge is 0.222 e. The van der Waals surface area contributed by atoms with E-state index >= 15 is 0 Å². The largest absolute Gasteiger partial charge is 0.373 e. The van der Waals surface area contributed by atoms with Gasteiger partial charge in [-0.1, -0.05) is 0 Å². The van der Waals surface area contributed by atoms with Crippen LogP contribution in [-0.4, -0.2) is 49.3 Å². The Kier molecular flexibility index (Phi) is 4.90. The van der Waals surface area contributed by atoms with Crippen molar-refractivity contribution in [2.75, 3.05) is 32.8 Å². The van der Waals surface area contributed by atoms with Crippen molar-refractivity contribution in [3.8, 4) is 0 Å². The molecule has 1 aromatic heterocycles. The molecular formula is C18H26N2O3S. The average molecular weight is 350 g/mol. The number of likely N-dealkylation sites (tertiary alicyclic amines) is 1. The van der Waals surface area contributed by atoms with Crippen LogP contribution in [0.4, 0.5) is 0 Å². The zero-order valence-corrected chi connectivity index (χ0v) is 14.9. The molecule has 1 unspecified atom stereocenters. The molecule has 1 N–H and O–H groups in total. The summed E-state index contributed by atoms with van der Waals surface area (Å²) in [6.45, 7) is 5.19. The SMILES string of the molecule is O=C1CC2(CCN(Cc3ccc(C4CCCO4)s3)CC2)OCCN1. The number of rotatable bonds is 3. The highest BCUT2D eigenvalue weighted by atomic mass is 32.1. The number of piperidine rings is 1. The number of carbonyl (C=O) groups excluding carboxylic acids is 1. The Hall–Kier alpha value is -0.950. The minimum Gasteiger partial charge on any atom is -0.373 e. The van der Waals surface area contributed by atoms with Crippen LogP contribution in [0.25, 0.3) is 0 Å². The molecule has 132 valence electrons. The van der Waals surface area contributed by atoms with Crippen LogP contribution in [0.5, 0.6) is 0 Å². The molecule has 0 bridgehead atoms. The van der Waals surface area contributed by atoms with E-state index in [1.807, 2.05) is 11.3 Å². The Morgan fingerprint density at radius 1 is 1.29 bits per heavy atom. The summed E-state index contributed by atoms with van der Waals surface area (Å²) in [5.41, 5.74) is -0.227. The van der Waals surface area contributed by atoms with Crippen molar-refractivity contribution in [1.29, 1.82) is 0 Å². The maximum atomic E-state index is 11.8. The van der Waals surface area contributed by atoms with E-state index in [0.29, 0.717) is 25.7 Å². The van der Waals surface area contributed by atoms with Gasteiger partial charge in [-0.3, -0.25) is 9.69 Å². The molecule has 3 saturated heterocycles. The molecule has 3 aliphatic rings. The first-order valence-electron chi connectivity index (χ1n) is 9.06. The van der Waals surface area contributed by atoms with E-state index in [0.717, 1.165) is 45.5 Å². The predicted octanol–water partition coefficient (Wildman–Crippen LogP) is 2.47. The van der Waals surface area contributed by atoms with Crippen molar-refractivity contribution < 1.29 is 14.3 Å². The molecular weight excluding hydrogens is 324 g/mol. The van der Waals surface area contributed by atoms with Gasteiger partial charge in [0.25, 0.3) is 0 Å². The highest BCUT2D eigenvalue weighted by molar-refractivity contribution is 7.12. The number of ether oxygens (including phenoxy) is 2. The summed E-state index contributed by atoms with van der Waals surface area (Å²) in [6.07, 6.45) is 5.08. The minimum absolute atomic E-state index is 0.139. The summed E-state index contributed by atoms with van der Waals surface area (Å²) in [5, 5.41) is 2.91. The van der Waals surface area contributed by atoms with Gasteiger partial charge in [0.1, 0.15) is 0 Å². The van der Waals surface area contributed by atoms with E-state index < -0.39 is 0 Å². The predicted molar refractivity (Wildman–Crippen MR) is 93.1 cm³/mol. The number of carbonyl (C=O) groups is 1. The Bertz CT molecular complexity index is 575. The molecule has 1 amide bonds. The molecule has 1 atom stereocenters. The number of nitrogens with zero attached hydrogens (tertiary/aromatic N) is 1. The molecule has 5 nitrogen and oxygen atoms in total. The van der Waals surface area contributed by atoms with E-state index in [1.54, 1.807) is 0 Å². The number of thiophene rings is 1. The number of nitrogens with one attached hydrogen (secondary N) is 1. The maximum Gasteiger partial charge on any atom is 0.222 e. The molecule has 0 aliphatic carbocycles. The van der Waals surface area contributed by atoms with Gasteiger partial charge in [0.05, 0.1) is 24.7 Å². The van der Waals surface area contributed by atoms with Crippen molar-refractivity contribution in [2.24, 2.45) is 0 Å². The van der Waals surface area contributed by atoms with Crippen molar-refractivity contribution in [2.45, 2.75) is 50.4 Å². The molecule has 1 spiro atoms. The summed E-state index contributed by atoms with van der Waals surface area (Å²) >= 11 is 1.89. The molecule has 0 saturated carbocycles. The molecule has 6 heteroatoms. The van der Waals surface area contributed by atoms with Gasteiger partial charge in [-0.05, 0) is 37.8 Å². The summed E-state index contributed by atoms with van der Waals surface area (Å²) in [4.78, 5) is 17.1. The van der Waals surface area contributed by atoms with Crippen molar-refractivity contribution in [1.82, 2.24) is 10.2 Å². The Balaban J connectivity index is 1.32. The molecule has 0 radical (unpaired) electrons. The first-order valence-corrected chi connectivity index (χ1v) is 9.87. The standard InChI is InChI=1S/C18H26N2O3S/c21-17-12-18(23-11-7-19-17)5-8-20(9-6-18)13-14-3-4-16(24-14)15-2-1-10-22-15/h3-4,15H,1-2,5-13H2,(H,19,21). The van der Waals surface area contributed by atoms with Gasteiger partial charge in [-0.25, -0.2) is 0 Å². The highest BCUT2D eigenvalue weighted by Gasteiger charge is 2.38. The van der Waals surface area contributed by atoms with Crippen molar-refractivity contribution >= 4 is 17.2 Å². The van der Waals surface area contributed by atoms with Crippen LogP contribution in [0.15, 0.2) is 12.1 Å². The third-order valence-electron chi connectivity index (χ3n) is 5.39. The van der Waals surface area contributed by atoms with E-state index in [1.165, 1.54) is 16.2 Å². The fourth-order valence-electron chi connectivity index (χ4n) is 3.98. The lowest BCUT2D eigenvalue weighted by Crippen LogP contribution is -2.46. The Morgan fingerprint density at radius 2 is 2.17 bits per heavy atom. The minimum atomic E-state index is -0.227. The summed E-state index contributed by atoms with van der Waals surface area (Å²) in [6, 6.07) is 4.49. The van der Waals surface area contributed by atoms with Crippen LogP contribution in [0, 0.1) is 0 Å². The molecule has 4 heterocycles. The molecule has 3 aliphatic heterocycles. The molecule has 0 aromatic carbocycles. The first-order chi connectivity index (χ1) is 11.7. The zero-order valence-electron chi connectivity index (χ0n) is 14.1. The van der Waals surface area contributed by atoms with Gasteiger partial charge in [0.15, 0.2) is 0 Å². The number of hydrogen-bond acceptors (Lipinski definition) is 5. The normalized spacial score (nSPS) is 28.0. The monoisotopic (exact) mass is 350 g/mol. The van der Waals surface area contributed by atoms with Crippen LogP contribution in [0.3, 0.4) is 0 Å². The van der Waals surface area contributed by atoms with E-state index in [9.17, 15) is 4.79 Å². The van der Waals surface area contributed by atoms with Crippen LogP contribution < -0.4 is 5.32 Å². The third-order valence-corrected chi connectivity index (χ3v) is 6.55. The fourth-order valence-corrected chi connectivity index (χ4v) is 5.12. The molecule has 4 rings (SSSR count). The lowest BCUT2D eigenvalue weighted by molar-refractivity contribution is -0.128. The summed E-state index contributed by atoms with van der Waals surface area (Å²) < 4.78 is 11.8. The van der Waals surface area contributed by atoms with E-state index in [2.05, 4.69) is 22.3 Å². The lowest BCUT2D eigenvalue weighted by Gasteiger charge is -2.40. The molecule has 24 heavy (non-hydrogen) atoms. The van der Waals surface area contributed by atoms with Gasteiger partial charge in [0, 0.05) is 42.5 Å². The van der Waals surface area contributed by atoms with Crippen LogP contribution >= 0.6 is 11.3 Å². The average Bonchev–Trinajstić information content (AvgIpc) is 3.22. The molecule has 3 fully saturated rings. The van der Waals surface area contributed by atoms with Crippen molar-refractivity contribution in [3.05, 3.63) is 21.9 Å². The second-order valence-electron chi connectivity index (χ2n) is 7.14. The van der Waals surface area contributed by atoms with Gasteiger partial charge in [-0.15, -0.1) is 11.3 Å². The second-order valence-corrected chi connectivity index (χ2v) is 8.34. The number of amides is 1. The second kappa shape index (κ2) is 7.12. The Morgan fingerprint density at radius 3 is 2.96 bits per heavy atom. The van der Waals surface area contributed by atoms with Gasteiger partial charge in [0.2, 0.25) is 5.91 Å². The maximum absolute atomic E-state index is 11.8. The number of hydrogen-bond donors (Lipinski definition) is 1. The van der Waals surface area contributed by atoms with Gasteiger partial charge in [-0.2, -0.15) is 0 Å². The first kappa shape index (κ1) is 16.5. The lowest BCUT2D eigenvalue weighted by atomic mass is 9.87. The summed E-state index contributed by atoms with van der Waals surface area (Å²) in [5.74, 6) is 0.139. The fraction of sp³-hybridized carbons (Fsp3) is 0.722. The topological polar surface area (TPSA) is 50.8 Å². The zero-order chi connectivity index (χ0) is 16.4. The third kappa shape index (κ3) is 3.67. The quantitative estimate of drug-likeness (QED) is 0.910. The van der Waals surface area contributed by atoms with E-state index in [4.69, 9.17) is 9.47 Å². The van der Waals surface area contributed by atoms with Gasteiger partial charge >= 0.3 is 0 Å². The van der Waals surface area contributed by atoms with Crippen LogP contribution in [-0.2, 0) is 20.8 Å². The Labute approximate surface area is 147 Å². The summed E-state index contributed by atoms with van der Waals surface area (Å²) in [7, 11) is 0. The molecule has 1 aromatic rings. The van der Waals surface area contributed by atoms with Crippen molar-refractivity contribution in [3.63, 3.8) is 0 Å². The highest BCUT2D eigenvalue weighted by Crippen LogP contribution is 2.35.